The molecule has 1 N–H and O–H groups in total. The zero-order valence-corrected chi connectivity index (χ0v) is 14.7. The lowest BCUT2D eigenvalue weighted by Crippen LogP contribution is -2.13. The van der Waals surface area contributed by atoms with Crippen molar-refractivity contribution in [3.05, 3.63) is 69.8 Å². The van der Waals surface area contributed by atoms with Crippen molar-refractivity contribution < 1.29 is 4.79 Å². The molecule has 0 radical (unpaired) electrons. The van der Waals surface area contributed by atoms with E-state index >= 15 is 0 Å². The standard InChI is InChI=1S/C18H15Cl2N3O/c1-11-3-5-12(6-4-11)17-10-16(22-23(17)2)18(24)21-15-8-7-13(19)9-14(15)20/h3-10H,1-2H3,(H,21,24). The first-order valence-corrected chi connectivity index (χ1v) is 8.07. The summed E-state index contributed by atoms with van der Waals surface area (Å²) in [6.45, 7) is 2.03. The fourth-order valence-electron chi connectivity index (χ4n) is 2.35. The third-order valence-electron chi connectivity index (χ3n) is 3.64. The molecule has 0 aliphatic carbocycles. The van der Waals surface area contributed by atoms with Crippen molar-refractivity contribution in [2.45, 2.75) is 6.92 Å². The predicted molar refractivity (Wildman–Crippen MR) is 97.8 cm³/mol. The molecule has 0 spiro atoms. The Morgan fingerprint density at radius 3 is 2.46 bits per heavy atom. The second-order valence-electron chi connectivity index (χ2n) is 5.48. The number of nitrogens with one attached hydrogen (secondary N) is 1. The maximum atomic E-state index is 12.4. The molecule has 0 aliphatic rings. The van der Waals surface area contributed by atoms with Gasteiger partial charge >= 0.3 is 0 Å². The number of aromatic nitrogens is 2. The van der Waals surface area contributed by atoms with E-state index in [-0.39, 0.29) is 5.91 Å². The fourth-order valence-corrected chi connectivity index (χ4v) is 2.81. The Morgan fingerprint density at radius 1 is 1.08 bits per heavy atom. The van der Waals surface area contributed by atoms with Crippen LogP contribution in [0, 0.1) is 6.92 Å². The fraction of sp³-hybridized carbons (Fsp3) is 0.111. The molecule has 0 saturated heterocycles. The average Bonchev–Trinajstić information content (AvgIpc) is 2.93. The maximum absolute atomic E-state index is 12.4. The third kappa shape index (κ3) is 3.45. The van der Waals surface area contributed by atoms with Gasteiger partial charge in [0.05, 0.1) is 16.4 Å². The summed E-state index contributed by atoms with van der Waals surface area (Å²) in [5, 5.41) is 7.93. The zero-order chi connectivity index (χ0) is 17.3. The summed E-state index contributed by atoms with van der Waals surface area (Å²) >= 11 is 11.9. The number of hydrogen-bond acceptors (Lipinski definition) is 2. The van der Waals surface area contributed by atoms with Crippen LogP contribution >= 0.6 is 23.2 Å². The highest BCUT2D eigenvalue weighted by Crippen LogP contribution is 2.26. The van der Waals surface area contributed by atoms with Crippen molar-refractivity contribution in [1.29, 1.82) is 0 Å². The van der Waals surface area contributed by atoms with Crippen molar-refractivity contribution in [3.63, 3.8) is 0 Å². The van der Waals surface area contributed by atoms with Gasteiger partial charge in [0, 0.05) is 12.1 Å². The highest BCUT2D eigenvalue weighted by atomic mass is 35.5. The van der Waals surface area contributed by atoms with Gasteiger partial charge in [0.15, 0.2) is 5.69 Å². The van der Waals surface area contributed by atoms with Gasteiger partial charge in [0.25, 0.3) is 5.91 Å². The maximum Gasteiger partial charge on any atom is 0.276 e. The molecule has 0 fully saturated rings. The third-order valence-corrected chi connectivity index (χ3v) is 4.19. The van der Waals surface area contributed by atoms with Crippen molar-refractivity contribution >= 4 is 34.8 Å². The number of nitrogens with zero attached hydrogens (tertiary/aromatic N) is 2. The number of carbonyl (C=O) groups excluding carboxylic acids is 1. The summed E-state index contributed by atoms with van der Waals surface area (Å²) in [6, 6.07) is 14.7. The summed E-state index contributed by atoms with van der Waals surface area (Å²) < 4.78 is 1.68. The molecule has 0 unspecified atom stereocenters. The smallest absolute Gasteiger partial charge is 0.276 e. The summed E-state index contributed by atoms with van der Waals surface area (Å²) in [4.78, 5) is 12.4. The Labute approximate surface area is 150 Å². The Bertz CT molecular complexity index is 901. The van der Waals surface area contributed by atoms with E-state index in [1.54, 1.807) is 36.0 Å². The van der Waals surface area contributed by atoms with Crippen LogP contribution in [-0.2, 0) is 7.05 Å². The van der Waals surface area contributed by atoms with E-state index in [0.717, 1.165) is 11.3 Å². The largest absolute Gasteiger partial charge is 0.319 e. The van der Waals surface area contributed by atoms with E-state index < -0.39 is 0 Å². The molecule has 1 heterocycles. The average molecular weight is 360 g/mol. The van der Waals surface area contributed by atoms with Crippen molar-refractivity contribution in [3.8, 4) is 11.3 Å². The Hall–Kier alpha value is -2.30. The molecule has 4 nitrogen and oxygen atoms in total. The molecule has 3 rings (SSSR count). The molecule has 0 saturated carbocycles. The number of anilines is 1. The number of amides is 1. The van der Waals surface area contributed by atoms with Crippen molar-refractivity contribution in [1.82, 2.24) is 9.78 Å². The van der Waals surface area contributed by atoms with Crippen LogP contribution in [0.4, 0.5) is 5.69 Å². The first-order chi connectivity index (χ1) is 11.4. The zero-order valence-electron chi connectivity index (χ0n) is 13.2. The lowest BCUT2D eigenvalue weighted by atomic mass is 10.1. The van der Waals surface area contributed by atoms with E-state index in [2.05, 4.69) is 10.4 Å². The molecular formula is C18H15Cl2N3O. The second kappa shape index (κ2) is 6.67. The monoisotopic (exact) mass is 359 g/mol. The summed E-state index contributed by atoms with van der Waals surface area (Å²) in [5.41, 5.74) is 3.85. The molecule has 3 aromatic rings. The van der Waals surface area contributed by atoms with Gasteiger partial charge in [-0.05, 0) is 36.8 Å². The molecular weight excluding hydrogens is 345 g/mol. The number of hydrogen-bond donors (Lipinski definition) is 1. The minimum atomic E-state index is -0.326. The van der Waals surface area contributed by atoms with E-state index in [1.165, 1.54) is 5.56 Å². The second-order valence-corrected chi connectivity index (χ2v) is 6.33. The first-order valence-electron chi connectivity index (χ1n) is 7.31. The van der Waals surface area contributed by atoms with Crippen LogP contribution < -0.4 is 5.32 Å². The SMILES string of the molecule is Cc1ccc(-c2cc(C(=O)Nc3ccc(Cl)cc3Cl)nn2C)cc1. The molecule has 2 aromatic carbocycles. The number of halogens is 2. The molecule has 6 heteroatoms. The van der Waals surface area contributed by atoms with Gasteiger partial charge < -0.3 is 5.32 Å². The van der Waals surface area contributed by atoms with Gasteiger partial charge in [0.2, 0.25) is 0 Å². The normalized spacial score (nSPS) is 10.7. The molecule has 1 amide bonds. The van der Waals surface area contributed by atoms with Crippen LogP contribution in [0.25, 0.3) is 11.3 Å². The number of benzene rings is 2. The quantitative estimate of drug-likeness (QED) is 0.718. The summed E-state index contributed by atoms with van der Waals surface area (Å²) in [6.07, 6.45) is 0. The first kappa shape index (κ1) is 16.6. The lowest BCUT2D eigenvalue weighted by molar-refractivity contribution is 0.102. The van der Waals surface area contributed by atoms with E-state index in [1.807, 2.05) is 31.2 Å². The van der Waals surface area contributed by atoms with Crippen LogP contribution in [0.1, 0.15) is 16.1 Å². The van der Waals surface area contributed by atoms with Gasteiger partial charge in [-0.25, -0.2) is 0 Å². The lowest BCUT2D eigenvalue weighted by Gasteiger charge is -2.05. The van der Waals surface area contributed by atoms with Gasteiger partial charge in [-0.15, -0.1) is 0 Å². The van der Waals surface area contributed by atoms with Crippen LogP contribution in [0.2, 0.25) is 10.0 Å². The van der Waals surface area contributed by atoms with Gasteiger partial charge in [-0.1, -0.05) is 53.0 Å². The van der Waals surface area contributed by atoms with E-state index in [0.29, 0.717) is 21.4 Å². The number of aryl methyl sites for hydroxylation is 2. The van der Waals surface area contributed by atoms with Crippen LogP contribution in [0.3, 0.4) is 0 Å². The summed E-state index contributed by atoms with van der Waals surface area (Å²) in [5.74, 6) is -0.326. The molecule has 1 aromatic heterocycles. The molecule has 0 bridgehead atoms. The van der Waals surface area contributed by atoms with E-state index in [9.17, 15) is 4.79 Å². The number of rotatable bonds is 3. The van der Waals surface area contributed by atoms with Crippen LogP contribution in [0.5, 0.6) is 0 Å². The highest BCUT2D eigenvalue weighted by molar-refractivity contribution is 6.36. The minimum Gasteiger partial charge on any atom is -0.319 e. The minimum absolute atomic E-state index is 0.319. The number of carbonyl (C=O) groups is 1. The Morgan fingerprint density at radius 2 is 1.79 bits per heavy atom. The van der Waals surface area contributed by atoms with Crippen molar-refractivity contribution in [2.24, 2.45) is 7.05 Å². The highest BCUT2D eigenvalue weighted by Gasteiger charge is 2.15. The predicted octanol–water partition coefficient (Wildman–Crippen LogP) is 4.95. The topological polar surface area (TPSA) is 46.9 Å². The molecule has 0 aliphatic heterocycles. The van der Waals surface area contributed by atoms with Crippen LogP contribution in [0.15, 0.2) is 48.5 Å². The van der Waals surface area contributed by atoms with Crippen molar-refractivity contribution in [2.75, 3.05) is 5.32 Å². The summed E-state index contributed by atoms with van der Waals surface area (Å²) in [7, 11) is 1.81. The Balaban J connectivity index is 1.86. The Kier molecular flexibility index (Phi) is 4.60. The molecule has 0 atom stereocenters. The van der Waals surface area contributed by atoms with Crippen LogP contribution in [-0.4, -0.2) is 15.7 Å². The molecule has 24 heavy (non-hydrogen) atoms. The van der Waals surface area contributed by atoms with E-state index in [4.69, 9.17) is 23.2 Å². The van der Waals surface area contributed by atoms with Gasteiger partial charge in [0.1, 0.15) is 0 Å². The van der Waals surface area contributed by atoms with Gasteiger partial charge in [-0.2, -0.15) is 5.10 Å². The van der Waals surface area contributed by atoms with Gasteiger partial charge in [-0.3, -0.25) is 9.48 Å². The molecule has 122 valence electrons.